The summed E-state index contributed by atoms with van der Waals surface area (Å²) in [6.07, 6.45) is 5.74. The molecule has 0 spiro atoms. The molecule has 0 aliphatic carbocycles. The number of fused-ring (bicyclic) bond motifs is 2. The number of anilines is 2. The van der Waals surface area contributed by atoms with Crippen LogP contribution in [-0.2, 0) is 0 Å². The average molecular weight is 450 g/mol. The fourth-order valence-electron chi connectivity index (χ4n) is 3.73. The van der Waals surface area contributed by atoms with E-state index < -0.39 is 0 Å². The van der Waals surface area contributed by atoms with Crippen LogP contribution in [0.3, 0.4) is 0 Å². The summed E-state index contributed by atoms with van der Waals surface area (Å²) in [6, 6.07) is 20.2. The summed E-state index contributed by atoms with van der Waals surface area (Å²) < 4.78 is 7.30. The summed E-state index contributed by atoms with van der Waals surface area (Å²) in [5, 5.41) is 0. The summed E-state index contributed by atoms with van der Waals surface area (Å²) in [5.41, 5.74) is 5.03. The number of nitrogens with zero attached hydrogens (tertiary/aromatic N) is 1. The van der Waals surface area contributed by atoms with E-state index in [4.69, 9.17) is 4.74 Å². The molecule has 0 N–H and O–H groups in total. The maximum absolute atomic E-state index is 10.9. The highest BCUT2D eigenvalue weighted by Crippen LogP contribution is 2.48. The Hall–Kier alpha value is -2.59. The molecule has 0 bridgehead atoms. The van der Waals surface area contributed by atoms with Gasteiger partial charge in [-0.05, 0) is 47.9 Å². The molecule has 0 fully saturated rings. The Morgan fingerprint density at radius 1 is 0.862 bits per heavy atom. The van der Waals surface area contributed by atoms with Crippen LogP contribution in [0.2, 0.25) is 0 Å². The molecule has 0 aromatic heterocycles. The molecule has 3 nitrogen and oxygen atoms in total. The van der Waals surface area contributed by atoms with Crippen LogP contribution < -0.4 is 9.64 Å². The Labute approximate surface area is 180 Å². The molecule has 3 aromatic rings. The molecule has 4 heteroatoms. The topological polar surface area (TPSA) is 29.5 Å². The first kappa shape index (κ1) is 19.7. The summed E-state index contributed by atoms with van der Waals surface area (Å²) in [7, 11) is 0. The second kappa shape index (κ2) is 8.83. The monoisotopic (exact) mass is 449 g/mol. The molecule has 4 rings (SSSR count). The van der Waals surface area contributed by atoms with Crippen LogP contribution in [0, 0.1) is 0 Å². The minimum absolute atomic E-state index is 0.681. The van der Waals surface area contributed by atoms with Gasteiger partial charge in [-0.25, -0.2) is 0 Å². The summed E-state index contributed by atoms with van der Waals surface area (Å²) >= 11 is 3.56. The van der Waals surface area contributed by atoms with Crippen LogP contribution in [-0.4, -0.2) is 12.8 Å². The van der Waals surface area contributed by atoms with E-state index in [0.717, 1.165) is 57.7 Å². The maximum atomic E-state index is 10.9. The van der Waals surface area contributed by atoms with Crippen molar-refractivity contribution < 1.29 is 9.53 Å². The molecule has 3 aromatic carbocycles. The van der Waals surface area contributed by atoms with E-state index in [1.165, 1.54) is 19.3 Å². The molecule has 0 radical (unpaired) electrons. The SMILES string of the molecule is CCCCCCN1c2ccc(Br)cc2Oc2cc(-c3ccc(C=O)cc3)ccc21. The fraction of sp³-hybridized carbons (Fsp3) is 0.240. The molecule has 0 atom stereocenters. The molecule has 1 aliphatic rings. The van der Waals surface area contributed by atoms with Crippen LogP contribution in [0.4, 0.5) is 11.4 Å². The second-order valence-electron chi connectivity index (χ2n) is 7.35. The average Bonchev–Trinajstić information content (AvgIpc) is 2.75. The largest absolute Gasteiger partial charge is 0.453 e. The standard InChI is InChI=1S/C25H24BrNO2/c1-2-3-4-5-14-27-22-12-10-20(19-8-6-18(17-28)7-9-19)15-24(22)29-25-16-21(26)11-13-23(25)27/h6-13,15-17H,2-5,14H2,1H3. The molecule has 0 amide bonds. The van der Waals surface area contributed by atoms with Crippen molar-refractivity contribution in [1.82, 2.24) is 0 Å². The van der Waals surface area contributed by atoms with Gasteiger partial charge in [0.25, 0.3) is 0 Å². The summed E-state index contributed by atoms with van der Waals surface area (Å²) in [4.78, 5) is 13.3. The van der Waals surface area contributed by atoms with Gasteiger partial charge in [0.2, 0.25) is 0 Å². The van der Waals surface area contributed by atoms with Crippen LogP contribution in [0.25, 0.3) is 11.1 Å². The fourth-order valence-corrected chi connectivity index (χ4v) is 4.07. The number of halogens is 1. The van der Waals surface area contributed by atoms with Gasteiger partial charge in [0.15, 0.2) is 11.5 Å². The van der Waals surface area contributed by atoms with Gasteiger partial charge in [-0.3, -0.25) is 4.79 Å². The van der Waals surface area contributed by atoms with Crippen LogP contribution in [0.5, 0.6) is 11.5 Å². The van der Waals surface area contributed by atoms with Crippen LogP contribution in [0.1, 0.15) is 43.0 Å². The first-order valence-corrected chi connectivity index (χ1v) is 10.9. The minimum Gasteiger partial charge on any atom is -0.453 e. The summed E-state index contributed by atoms with van der Waals surface area (Å²) in [6.45, 7) is 3.21. The van der Waals surface area contributed by atoms with Crippen LogP contribution in [0.15, 0.2) is 65.1 Å². The lowest BCUT2D eigenvalue weighted by Gasteiger charge is -2.33. The Kier molecular flexibility index (Phi) is 6.00. The number of unbranched alkanes of at least 4 members (excludes halogenated alkanes) is 3. The van der Waals surface area contributed by atoms with E-state index in [-0.39, 0.29) is 0 Å². The molecular weight excluding hydrogens is 426 g/mol. The third-order valence-corrected chi connectivity index (χ3v) is 5.79. The van der Waals surface area contributed by atoms with Crippen molar-refractivity contribution in [2.75, 3.05) is 11.4 Å². The van der Waals surface area contributed by atoms with Crippen molar-refractivity contribution in [2.24, 2.45) is 0 Å². The first-order chi connectivity index (χ1) is 14.2. The number of hydrogen-bond acceptors (Lipinski definition) is 3. The summed E-state index contributed by atoms with van der Waals surface area (Å²) in [5.74, 6) is 1.74. The van der Waals surface area contributed by atoms with Crippen molar-refractivity contribution in [1.29, 1.82) is 0 Å². The quantitative estimate of drug-likeness (QED) is 0.272. The normalized spacial score (nSPS) is 12.1. The molecule has 0 unspecified atom stereocenters. The number of benzene rings is 3. The van der Waals surface area contributed by atoms with Gasteiger partial charge in [0.05, 0.1) is 11.4 Å². The Morgan fingerprint density at radius 2 is 1.55 bits per heavy atom. The highest BCUT2D eigenvalue weighted by molar-refractivity contribution is 9.10. The van der Waals surface area contributed by atoms with E-state index in [1.807, 2.05) is 30.3 Å². The number of carbonyl (C=O) groups excluding carboxylic acids is 1. The van der Waals surface area contributed by atoms with Crippen molar-refractivity contribution >= 4 is 33.6 Å². The van der Waals surface area contributed by atoms with E-state index in [0.29, 0.717) is 5.56 Å². The van der Waals surface area contributed by atoms with Gasteiger partial charge in [-0.15, -0.1) is 0 Å². The number of rotatable bonds is 7. The zero-order valence-electron chi connectivity index (χ0n) is 16.5. The number of ether oxygens (including phenoxy) is 1. The zero-order chi connectivity index (χ0) is 20.2. The Balaban J connectivity index is 1.68. The minimum atomic E-state index is 0.681. The lowest BCUT2D eigenvalue weighted by atomic mass is 10.0. The van der Waals surface area contributed by atoms with E-state index in [9.17, 15) is 4.79 Å². The van der Waals surface area contributed by atoms with Crippen molar-refractivity contribution in [3.8, 4) is 22.6 Å². The Morgan fingerprint density at radius 3 is 2.28 bits per heavy atom. The lowest BCUT2D eigenvalue weighted by Crippen LogP contribution is -2.22. The van der Waals surface area contributed by atoms with Gasteiger partial charge in [-0.1, -0.05) is 72.4 Å². The third-order valence-electron chi connectivity index (χ3n) is 5.30. The van der Waals surface area contributed by atoms with Gasteiger partial charge in [0, 0.05) is 16.6 Å². The highest BCUT2D eigenvalue weighted by atomic mass is 79.9. The van der Waals surface area contributed by atoms with Crippen LogP contribution >= 0.6 is 15.9 Å². The molecule has 0 saturated heterocycles. The molecule has 1 heterocycles. The van der Waals surface area contributed by atoms with Gasteiger partial charge < -0.3 is 9.64 Å². The van der Waals surface area contributed by atoms with E-state index in [1.54, 1.807) is 0 Å². The highest BCUT2D eigenvalue weighted by Gasteiger charge is 2.24. The van der Waals surface area contributed by atoms with Crippen molar-refractivity contribution in [3.05, 3.63) is 70.7 Å². The molecule has 1 aliphatic heterocycles. The molecule has 0 saturated carbocycles. The predicted molar refractivity (Wildman–Crippen MR) is 123 cm³/mol. The van der Waals surface area contributed by atoms with Gasteiger partial charge in [0.1, 0.15) is 6.29 Å². The third kappa shape index (κ3) is 4.23. The maximum Gasteiger partial charge on any atom is 0.152 e. The number of carbonyl (C=O) groups is 1. The number of aldehydes is 1. The van der Waals surface area contributed by atoms with Gasteiger partial charge in [-0.2, -0.15) is 0 Å². The molecular formula is C25H24BrNO2. The first-order valence-electron chi connectivity index (χ1n) is 10.1. The van der Waals surface area contributed by atoms with Crippen molar-refractivity contribution in [3.63, 3.8) is 0 Å². The lowest BCUT2D eigenvalue weighted by molar-refractivity contribution is 0.112. The van der Waals surface area contributed by atoms with E-state index >= 15 is 0 Å². The smallest absolute Gasteiger partial charge is 0.152 e. The number of hydrogen-bond donors (Lipinski definition) is 0. The predicted octanol–water partition coefficient (Wildman–Crippen LogP) is 7.75. The second-order valence-corrected chi connectivity index (χ2v) is 8.26. The Bertz CT molecular complexity index is 1010. The van der Waals surface area contributed by atoms with Crippen molar-refractivity contribution in [2.45, 2.75) is 32.6 Å². The van der Waals surface area contributed by atoms with E-state index in [2.05, 4.69) is 58.1 Å². The van der Waals surface area contributed by atoms with Gasteiger partial charge >= 0.3 is 0 Å². The molecule has 29 heavy (non-hydrogen) atoms. The molecule has 148 valence electrons. The zero-order valence-corrected chi connectivity index (χ0v) is 18.1.